The number of carbonyl (C=O) groups excluding carboxylic acids is 2. The Morgan fingerprint density at radius 3 is 2.42 bits per heavy atom. The molecule has 0 aliphatic rings. The topological polar surface area (TPSA) is 58.2 Å². The van der Waals surface area contributed by atoms with E-state index in [9.17, 15) is 9.59 Å². The van der Waals surface area contributed by atoms with Crippen molar-refractivity contribution in [2.24, 2.45) is 0 Å². The van der Waals surface area contributed by atoms with E-state index >= 15 is 0 Å². The van der Waals surface area contributed by atoms with Gasteiger partial charge in [-0.15, -0.1) is 0 Å². The molecule has 4 nitrogen and oxygen atoms in total. The fourth-order valence-corrected chi connectivity index (χ4v) is 2.03. The molecule has 0 radical (unpaired) electrons. The summed E-state index contributed by atoms with van der Waals surface area (Å²) >= 11 is 4.09. The van der Waals surface area contributed by atoms with E-state index in [2.05, 4.69) is 37.1 Å². The summed E-state index contributed by atoms with van der Waals surface area (Å²) in [7, 11) is 0. The van der Waals surface area contributed by atoms with Gasteiger partial charge in [-0.1, -0.05) is 32.0 Å². The number of amides is 2. The third kappa shape index (κ3) is 4.59. The van der Waals surface area contributed by atoms with Crippen LogP contribution in [0.25, 0.3) is 0 Å². The number of para-hydroxylation sites is 1. The average molecular weight is 280 g/mol. The average Bonchev–Trinajstić information content (AvgIpc) is 2.35. The third-order valence-electron chi connectivity index (χ3n) is 2.72. The van der Waals surface area contributed by atoms with Crippen LogP contribution in [-0.4, -0.2) is 23.6 Å². The maximum absolute atomic E-state index is 12.1. The number of hydrogen-bond donors (Lipinski definition) is 3. The minimum absolute atomic E-state index is 0.244. The van der Waals surface area contributed by atoms with Gasteiger partial charge in [0.05, 0.1) is 0 Å². The van der Waals surface area contributed by atoms with E-state index in [4.69, 9.17) is 0 Å². The van der Waals surface area contributed by atoms with Crippen molar-refractivity contribution in [3.63, 3.8) is 0 Å². The molecule has 1 aromatic carbocycles. The molecule has 19 heavy (non-hydrogen) atoms. The first-order valence-electron chi connectivity index (χ1n) is 6.23. The van der Waals surface area contributed by atoms with E-state index in [0.29, 0.717) is 5.92 Å². The van der Waals surface area contributed by atoms with Crippen molar-refractivity contribution in [3.8, 4) is 0 Å². The summed E-state index contributed by atoms with van der Waals surface area (Å²) in [6.07, 6.45) is 0. The van der Waals surface area contributed by atoms with Crippen LogP contribution in [0.4, 0.5) is 5.69 Å². The predicted octanol–water partition coefficient (Wildman–Crippen LogP) is 2.18. The van der Waals surface area contributed by atoms with Gasteiger partial charge in [0.15, 0.2) is 0 Å². The molecular weight excluding hydrogens is 260 g/mol. The van der Waals surface area contributed by atoms with E-state index in [0.717, 1.165) is 11.3 Å². The molecule has 1 unspecified atom stereocenters. The minimum atomic E-state index is -0.624. The molecule has 0 heterocycles. The Hall–Kier alpha value is -1.49. The smallest absolute Gasteiger partial charge is 0.247 e. The van der Waals surface area contributed by atoms with Crippen LogP contribution in [0.15, 0.2) is 24.3 Å². The van der Waals surface area contributed by atoms with Gasteiger partial charge >= 0.3 is 0 Å². The molecule has 2 N–H and O–H groups in total. The zero-order valence-corrected chi connectivity index (χ0v) is 12.3. The standard InChI is InChI=1S/C14H20N2O2S/c1-9(2)11-6-4-5-7-12(11)16-14(18)13(8-19)15-10(3)17/h4-7,9,13,19H,8H2,1-3H3,(H,15,17)(H,16,18). The molecule has 2 amide bonds. The Balaban J connectivity index is 2.84. The molecule has 1 rings (SSSR count). The van der Waals surface area contributed by atoms with Gasteiger partial charge in [0.25, 0.3) is 0 Å². The number of anilines is 1. The molecule has 5 heteroatoms. The monoisotopic (exact) mass is 280 g/mol. The van der Waals surface area contributed by atoms with Crippen LogP contribution < -0.4 is 10.6 Å². The van der Waals surface area contributed by atoms with Gasteiger partial charge in [-0.05, 0) is 17.5 Å². The van der Waals surface area contributed by atoms with Crippen molar-refractivity contribution in [2.75, 3.05) is 11.1 Å². The lowest BCUT2D eigenvalue weighted by Gasteiger charge is -2.18. The highest BCUT2D eigenvalue weighted by Gasteiger charge is 2.19. The van der Waals surface area contributed by atoms with Crippen molar-refractivity contribution in [1.29, 1.82) is 0 Å². The third-order valence-corrected chi connectivity index (χ3v) is 3.08. The molecule has 0 aromatic heterocycles. The Labute approximate surface area is 119 Å². The highest BCUT2D eigenvalue weighted by Crippen LogP contribution is 2.23. The van der Waals surface area contributed by atoms with Gasteiger partial charge < -0.3 is 10.6 Å². The first-order valence-corrected chi connectivity index (χ1v) is 6.86. The quantitative estimate of drug-likeness (QED) is 0.724. The van der Waals surface area contributed by atoms with Crippen molar-refractivity contribution >= 4 is 30.1 Å². The molecular formula is C14H20N2O2S. The van der Waals surface area contributed by atoms with E-state index in [1.807, 2.05) is 24.3 Å². The van der Waals surface area contributed by atoms with E-state index in [1.54, 1.807) is 0 Å². The minimum Gasteiger partial charge on any atom is -0.344 e. The molecule has 0 aliphatic heterocycles. The lowest BCUT2D eigenvalue weighted by molar-refractivity contribution is -0.124. The Bertz CT molecular complexity index is 461. The molecule has 1 atom stereocenters. The van der Waals surface area contributed by atoms with Gasteiger partial charge in [0.1, 0.15) is 6.04 Å². The van der Waals surface area contributed by atoms with Crippen LogP contribution in [0.2, 0.25) is 0 Å². The zero-order valence-electron chi connectivity index (χ0n) is 11.4. The second kappa shape index (κ2) is 7.19. The molecule has 0 aliphatic carbocycles. The molecule has 1 aromatic rings. The normalized spacial score (nSPS) is 12.1. The highest BCUT2D eigenvalue weighted by atomic mass is 32.1. The lowest BCUT2D eigenvalue weighted by atomic mass is 10.0. The molecule has 104 valence electrons. The SMILES string of the molecule is CC(=O)NC(CS)C(=O)Nc1ccccc1C(C)C. The highest BCUT2D eigenvalue weighted by molar-refractivity contribution is 7.80. The number of thiol groups is 1. The van der Waals surface area contributed by atoms with Gasteiger partial charge in [-0.2, -0.15) is 12.6 Å². The number of hydrogen-bond acceptors (Lipinski definition) is 3. The first kappa shape index (κ1) is 15.6. The second-order valence-corrected chi connectivity index (χ2v) is 5.03. The second-order valence-electron chi connectivity index (χ2n) is 4.67. The number of nitrogens with one attached hydrogen (secondary N) is 2. The molecule has 0 spiro atoms. The summed E-state index contributed by atoms with van der Waals surface area (Å²) in [5.41, 5.74) is 1.84. The van der Waals surface area contributed by atoms with Gasteiger partial charge in [-0.3, -0.25) is 9.59 Å². The maximum Gasteiger partial charge on any atom is 0.247 e. The van der Waals surface area contributed by atoms with Crippen molar-refractivity contribution in [3.05, 3.63) is 29.8 Å². The van der Waals surface area contributed by atoms with Crippen LogP contribution in [0.3, 0.4) is 0 Å². The van der Waals surface area contributed by atoms with Crippen LogP contribution in [0, 0.1) is 0 Å². The van der Waals surface area contributed by atoms with Gasteiger partial charge in [0.2, 0.25) is 11.8 Å². The van der Waals surface area contributed by atoms with E-state index < -0.39 is 6.04 Å². The summed E-state index contributed by atoms with van der Waals surface area (Å²) in [4.78, 5) is 23.1. The molecule has 0 saturated carbocycles. The number of rotatable bonds is 5. The maximum atomic E-state index is 12.1. The van der Waals surface area contributed by atoms with Crippen LogP contribution in [0.5, 0.6) is 0 Å². The van der Waals surface area contributed by atoms with Crippen molar-refractivity contribution in [2.45, 2.75) is 32.7 Å². The predicted molar refractivity (Wildman–Crippen MR) is 80.6 cm³/mol. The zero-order chi connectivity index (χ0) is 14.4. The number of carbonyl (C=O) groups is 2. The van der Waals surface area contributed by atoms with Gasteiger partial charge in [-0.25, -0.2) is 0 Å². The Morgan fingerprint density at radius 1 is 1.26 bits per heavy atom. The van der Waals surface area contributed by atoms with Crippen LogP contribution in [0.1, 0.15) is 32.3 Å². The Morgan fingerprint density at radius 2 is 1.89 bits per heavy atom. The summed E-state index contributed by atoms with van der Waals surface area (Å²) in [5, 5.41) is 5.42. The van der Waals surface area contributed by atoms with Gasteiger partial charge in [0, 0.05) is 18.4 Å². The summed E-state index contributed by atoms with van der Waals surface area (Å²) in [5.74, 6) is 0.0753. The summed E-state index contributed by atoms with van der Waals surface area (Å²) in [6, 6.07) is 7.02. The first-order chi connectivity index (χ1) is 8.95. The van der Waals surface area contributed by atoms with E-state index in [-0.39, 0.29) is 17.6 Å². The number of benzene rings is 1. The fourth-order valence-electron chi connectivity index (χ4n) is 1.77. The lowest BCUT2D eigenvalue weighted by Crippen LogP contribution is -2.44. The Kier molecular flexibility index (Phi) is 5.89. The summed E-state index contributed by atoms with van der Waals surface area (Å²) < 4.78 is 0. The molecule has 0 fully saturated rings. The largest absolute Gasteiger partial charge is 0.344 e. The molecule has 0 saturated heterocycles. The van der Waals surface area contributed by atoms with E-state index in [1.165, 1.54) is 6.92 Å². The van der Waals surface area contributed by atoms with Crippen molar-refractivity contribution < 1.29 is 9.59 Å². The fraction of sp³-hybridized carbons (Fsp3) is 0.429. The molecule has 0 bridgehead atoms. The van der Waals surface area contributed by atoms with Crippen molar-refractivity contribution in [1.82, 2.24) is 5.32 Å². The van der Waals surface area contributed by atoms with Crippen LogP contribution in [-0.2, 0) is 9.59 Å². The summed E-state index contributed by atoms with van der Waals surface area (Å²) in [6.45, 7) is 5.51. The van der Waals surface area contributed by atoms with Crippen LogP contribution >= 0.6 is 12.6 Å².